The molecule has 0 spiro atoms. The fourth-order valence-corrected chi connectivity index (χ4v) is 1.03. The van der Waals surface area contributed by atoms with Gasteiger partial charge in [-0.25, -0.2) is 4.39 Å². The van der Waals surface area contributed by atoms with Gasteiger partial charge in [0, 0.05) is 7.05 Å². The lowest BCUT2D eigenvalue weighted by molar-refractivity contribution is -0.118. The molecule has 1 aromatic carbocycles. The molecule has 0 saturated carbocycles. The molecule has 15 heavy (non-hydrogen) atoms. The van der Waals surface area contributed by atoms with Gasteiger partial charge in [-0.1, -0.05) is 0 Å². The van der Waals surface area contributed by atoms with Crippen molar-refractivity contribution in [1.82, 2.24) is 5.32 Å². The predicted octanol–water partition coefficient (Wildman–Crippen LogP) is 0.855. The van der Waals surface area contributed by atoms with Gasteiger partial charge in [0.1, 0.15) is 11.9 Å². The predicted molar refractivity (Wildman–Crippen MR) is 53.7 cm³/mol. The smallest absolute Gasteiger partial charge is 0.239 e. The summed E-state index contributed by atoms with van der Waals surface area (Å²) in [5.74, 6) is -0.680. The standard InChI is InChI=1S/C10H10FN3O/c1-13-10(15)6-14-9-3-2-8(11)4-7(9)5-12/h2-4,14H,6H2,1H3,(H,13,15). The SMILES string of the molecule is CNC(=O)CNc1ccc(F)cc1C#N. The zero-order valence-corrected chi connectivity index (χ0v) is 8.17. The number of hydrogen-bond donors (Lipinski definition) is 2. The van der Waals surface area contributed by atoms with E-state index in [-0.39, 0.29) is 18.0 Å². The van der Waals surface area contributed by atoms with E-state index in [1.807, 2.05) is 6.07 Å². The third kappa shape index (κ3) is 2.95. The minimum Gasteiger partial charge on any atom is -0.375 e. The maximum absolute atomic E-state index is 12.7. The van der Waals surface area contributed by atoms with Crippen molar-refractivity contribution < 1.29 is 9.18 Å². The summed E-state index contributed by atoms with van der Waals surface area (Å²) in [6, 6.07) is 5.62. The molecule has 2 N–H and O–H groups in total. The second-order valence-electron chi connectivity index (χ2n) is 2.83. The number of nitrogens with one attached hydrogen (secondary N) is 2. The lowest BCUT2D eigenvalue weighted by atomic mass is 10.2. The van der Waals surface area contributed by atoms with Crippen LogP contribution >= 0.6 is 0 Å². The summed E-state index contributed by atoms with van der Waals surface area (Å²) in [7, 11) is 1.51. The summed E-state index contributed by atoms with van der Waals surface area (Å²) in [5.41, 5.74) is 0.626. The Balaban J connectivity index is 2.77. The minimum atomic E-state index is -0.475. The van der Waals surface area contributed by atoms with Gasteiger partial charge >= 0.3 is 0 Å². The molecule has 0 aliphatic carbocycles. The molecule has 0 atom stereocenters. The summed E-state index contributed by atoms with van der Waals surface area (Å²) in [6.07, 6.45) is 0. The zero-order chi connectivity index (χ0) is 11.3. The Morgan fingerprint density at radius 3 is 2.93 bits per heavy atom. The molecule has 78 valence electrons. The number of benzene rings is 1. The zero-order valence-electron chi connectivity index (χ0n) is 8.17. The third-order valence-corrected chi connectivity index (χ3v) is 1.82. The lowest BCUT2D eigenvalue weighted by Gasteiger charge is -2.06. The van der Waals surface area contributed by atoms with E-state index >= 15 is 0 Å². The summed E-state index contributed by atoms with van der Waals surface area (Å²) in [6.45, 7) is 0.0524. The fourth-order valence-electron chi connectivity index (χ4n) is 1.03. The first-order chi connectivity index (χ1) is 7.17. The van der Waals surface area contributed by atoms with Gasteiger partial charge < -0.3 is 10.6 Å². The first-order valence-electron chi connectivity index (χ1n) is 4.31. The maximum atomic E-state index is 12.7. The second-order valence-corrected chi connectivity index (χ2v) is 2.83. The van der Waals surface area contributed by atoms with Crippen LogP contribution in [0.25, 0.3) is 0 Å². The number of nitriles is 1. The van der Waals surface area contributed by atoms with E-state index in [1.54, 1.807) is 0 Å². The molecular weight excluding hydrogens is 197 g/mol. The molecule has 1 rings (SSSR count). The summed E-state index contributed by atoms with van der Waals surface area (Å²) in [5, 5.41) is 13.9. The largest absolute Gasteiger partial charge is 0.375 e. The quantitative estimate of drug-likeness (QED) is 0.772. The molecule has 1 amide bonds. The van der Waals surface area contributed by atoms with Gasteiger partial charge in [0.05, 0.1) is 17.8 Å². The number of amides is 1. The molecule has 0 saturated heterocycles. The van der Waals surface area contributed by atoms with Gasteiger partial charge in [0.2, 0.25) is 5.91 Å². The van der Waals surface area contributed by atoms with Crippen LogP contribution in [0.1, 0.15) is 5.56 Å². The molecule has 0 aliphatic rings. The Kier molecular flexibility index (Phi) is 3.63. The lowest BCUT2D eigenvalue weighted by Crippen LogP contribution is -2.26. The molecule has 0 unspecified atom stereocenters. The normalized spacial score (nSPS) is 9.13. The Morgan fingerprint density at radius 1 is 1.60 bits per heavy atom. The second kappa shape index (κ2) is 4.96. The molecule has 0 heterocycles. The molecule has 0 aliphatic heterocycles. The molecule has 0 aromatic heterocycles. The summed E-state index contributed by atoms with van der Waals surface area (Å²) in [4.78, 5) is 10.9. The number of carbonyl (C=O) groups is 1. The van der Waals surface area contributed by atoms with Crippen molar-refractivity contribution >= 4 is 11.6 Å². The molecule has 4 nitrogen and oxygen atoms in total. The third-order valence-electron chi connectivity index (χ3n) is 1.82. The summed E-state index contributed by atoms with van der Waals surface area (Å²) >= 11 is 0. The number of rotatable bonds is 3. The van der Waals surface area contributed by atoms with Crippen molar-refractivity contribution in [3.63, 3.8) is 0 Å². The van der Waals surface area contributed by atoms with Gasteiger partial charge in [-0.05, 0) is 18.2 Å². The highest BCUT2D eigenvalue weighted by Gasteiger charge is 2.04. The van der Waals surface area contributed by atoms with Gasteiger partial charge in [-0.2, -0.15) is 5.26 Å². The van der Waals surface area contributed by atoms with Crippen molar-refractivity contribution in [3.8, 4) is 6.07 Å². The van der Waals surface area contributed by atoms with Gasteiger partial charge in [-0.15, -0.1) is 0 Å². The van der Waals surface area contributed by atoms with E-state index in [4.69, 9.17) is 5.26 Å². The number of anilines is 1. The van der Waals surface area contributed by atoms with Crippen LogP contribution in [-0.2, 0) is 4.79 Å². The average Bonchev–Trinajstić information content (AvgIpc) is 2.26. The fraction of sp³-hybridized carbons (Fsp3) is 0.200. The number of halogens is 1. The highest BCUT2D eigenvalue weighted by atomic mass is 19.1. The molecule has 0 fully saturated rings. The monoisotopic (exact) mass is 207 g/mol. The maximum Gasteiger partial charge on any atom is 0.239 e. The van der Waals surface area contributed by atoms with Crippen LogP contribution in [0.2, 0.25) is 0 Å². The van der Waals surface area contributed by atoms with Crippen molar-refractivity contribution in [2.45, 2.75) is 0 Å². The van der Waals surface area contributed by atoms with Crippen LogP contribution < -0.4 is 10.6 Å². The molecular formula is C10H10FN3O. The highest BCUT2D eigenvalue weighted by molar-refractivity contribution is 5.80. The Hall–Kier alpha value is -2.09. The number of hydrogen-bond acceptors (Lipinski definition) is 3. The molecule has 1 aromatic rings. The summed E-state index contributed by atoms with van der Waals surface area (Å²) < 4.78 is 12.7. The van der Waals surface area contributed by atoms with Crippen LogP contribution in [0.5, 0.6) is 0 Å². The van der Waals surface area contributed by atoms with Crippen molar-refractivity contribution in [2.24, 2.45) is 0 Å². The van der Waals surface area contributed by atoms with E-state index in [0.717, 1.165) is 6.07 Å². The topological polar surface area (TPSA) is 64.9 Å². The molecule has 5 heteroatoms. The Morgan fingerprint density at radius 2 is 2.33 bits per heavy atom. The minimum absolute atomic E-state index is 0.0524. The van der Waals surface area contributed by atoms with E-state index in [0.29, 0.717) is 5.69 Å². The first-order valence-corrected chi connectivity index (χ1v) is 4.31. The van der Waals surface area contributed by atoms with Crippen molar-refractivity contribution in [1.29, 1.82) is 5.26 Å². The van der Waals surface area contributed by atoms with Crippen molar-refractivity contribution in [2.75, 3.05) is 18.9 Å². The van der Waals surface area contributed by atoms with Crippen LogP contribution in [0.3, 0.4) is 0 Å². The number of nitrogens with zero attached hydrogens (tertiary/aromatic N) is 1. The van der Waals surface area contributed by atoms with E-state index < -0.39 is 5.82 Å². The Bertz CT molecular complexity index is 412. The van der Waals surface area contributed by atoms with Crippen LogP contribution in [0.15, 0.2) is 18.2 Å². The molecule has 0 radical (unpaired) electrons. The van der Waals surface area contributed by atoms with Crippen LogP contribution in [0.4, 0.5) is 10.1 Å². The van der Waals surface area contributed by atoms with Crippen molar-refractivity contribution in [3.05, 3.63) is 29.6 Å². The average molecular weight is 207 g/mol. The van der Waals surface area contributed by atoms with Crippen LogP contribution in [0, 0.1) is 17.1 Å². The Labute approximate surface area is 86.7 Å². The first kappa shape index (κ1) is 11.0. The van der Waals surface area contributed by atoms with Gasteiger partial charge in [-0.3, -0.25) is 4.79 Å². The van der Waals surface area contributed by atoms with E-state index in [9.17, 15) is 9.18 Å². The van der Waals surface area contributed by atoms with E-state index in [1.165, 1.54) is 19.2 Å². The van der Waals surface area contributed by atoms with E-state index in [2.05, 4.69) is 10.6 Å². The number of carbonyl (C=O) groups excluding carboxylic acids is 1. The molecule has 0 bridgehead atoms. The van der Waals surface area contributed by atoms with Gasteiger partial charge in [0.25, 0.3) is 0 Å². The number of likely N-dealkylation sites (N-methyl/N-ethyl adjacent to an activating group) is 1. The van der Waals surface area contributed by atoms with Gasteiger partial charge in [0.15, 0.2) is 0 Å². The highest BCUT2D eigenvalue weighted by Crippen LogP contribution is 2.15. The van der Waals surface area contributed by atoms with Crippen LogP contribution in [-0.4, -0.2) is 19.5 Å².